The number of nitrogens with one attached hydrogen (secondary N) is 1. The minimum atomic E-state index is -2.40. The zero-order chi connectivity index (χ0) is 15.9. The Bertz CT molecular complexity index is 786. The van der Waals surface area contributed by atoms with Crippen molar-refractivity contribution in [3.05, 3.63) is 57.3 Å². The van der Waals surface area contributed by atoms with Gasteiger partial charge in [0.05, 0.1) is 16.7 Å². The third-order valence-corrected chi connectivity index (χ3v) is 2.65. The van der Waals surface area contributed by atoms with Crippen molar-refractivity contribution in [1.82, 2.24) is 4.98 Å². The van der Waals surface area contributed by atoms with Crippen molar-refractivity contribution in [2.75, 3.05) is 0 Å². The van der Waals surface area contributed by atoms with E-state index < -0.39 is 57.3 Å². The first kappa shape index (κ1) is 14.7. The smallest absolute Gasteiger partial charge is 0.336 e. The fourth-order valence-corrected chi connectivity index (χ4v) is 1.73. The second kappa shape index (κ2) is 5.00. The van der Waals surface area contributed by atoms with Gasteiger partial charge in [-0.1, -0.05) is 0 Å². The number of benzene rings is 1. The molecule has 0 saturated heterocycles. The lowest BCUT2D eigenvalue weighted by molar-refractivity contribution is 0.0697. The predicted molar refractivity (Wildman–Crippen MR) is 59.2 cm³/mol. The molecule has 0 radical (unpaired) electrons. The van der Waals surface area contributed by atoms with Gasteiger partial charge in [0.1, 0.15) is 0 Å². The average Bonchev–Trinajstić information content (AvgIpc) is 2.44. The monoisotopic (exact) mass is 305 g/mol. The summed E-state index contributed by atoms with van der Waals surface area (Å²) in [7, 11) is 0. The number of pyridine rings is 1. The Morgan fingerprint density at radius 1 is 0.905 bits per heavy atom. The van der Waals surface area contributed by atoms with Crippen molar-refractivity contribution in [3.8, 4) is 11.1 Å². The number of hydrogen-bond acceptors (Lipinski definition) is 2. The Labute approximate surface area is 112 Å². The van der Waals surface area contributed by atoms with Crippen LogP contribution in [0.1, 0.15) is 10.4 Å². The van der Waals surface area contributed by atoms with Gasteiger partial charge < -0.3 is 10.1 Å². The van der Waals surface area contributed by atoms with Crippen molar-refractivity contribution in [2.45, 2.75) is 0 Å². The standard InChI is InChI=1S/C12H4F5NO3/c13-6-5(7(14)9(16)10(17)8(6)15)4-3(12(20)21)1-2-18-11(4)19/h1-2H,(H,18,19)(H,20,21). The first-order valence-corrected chi connectivity index (χ1v) is 5.24. The first-order valence-electron chi connectivity index (χ1n) is 5.24. The molecule has 0 amide bonds. The van der Waals surface area contributed by atoms with Crippen LogP contribution in [0, 0.1) is 29.1 Å². The van der Waals surface area contributed by atoms with E-state index in [1.165, 1.54) is 0 Å². The van der Waals surface area contributed by atoms with E-state index in [1.807, 2.05) is 4.98 Å². The number of aromatic amines is 1. The fourth-order valence-electron chi connectivity index (χ4n) is 1.73. The molecule has 9 heteroatoms. The Hall–Kier alpha value is -2.71. The van der Waals surface area contributed by atoms with E-state index in [2.05, 4.69) is 0 Å². The third kappa shape index (κ3) is 2.16. The summed E-state index contributed by atoms with van der Waals surface area (Å²) in [6.07, 6.45) is 0.862. The molecule has 2 aromatic rings. The van der Waals surface area contributed by atoms with E-state index in [0.717, 1.165) is 12.3 Å². The van der Waals surface area contributed by atoms with E-state index >= 15 is 0 Å². The van der Waals surface area contributed by atoms with Gasteiger partial charge in [0, 0.05) is 6.20 Å². The Morgan fingerprint density at radius 2 is 1.38 bits per heavy atom. The summed E-state index contributed by atoms with van der Waals surface area (Å²) in [4.78, 5) is 24.4. The number of carboxylic acids is 1. The summed E-state index contributed by atoms with van der Waals surface area (Å²) < 4.78 is 66.5. The number of carbonyl (C=O) groups is 1. The lowest BCUT2D eigenvalue weighted by Gasteiger charge is -2.09. The first-order chi connectivity index (χ1) is 9.77. The minimum absolute atomic E-state index is 0.761. The second-order valence-corrected chi connectivity index (χ2v) is 3.85. The van der Waals surface area contributed by atoms with Crippen molar-refractivity contribution in [2.24, 2.45) is 0 Å². The number of aromatic nitrogens is 1. The Kier molecular flexibility index (Phi) is 3.50. The zero-order valence-electron chi connectivity index (χ0n) is 9.81. The van der Waals surface area contributed by atoms with Gasteiger partial charge in [-0.2, -0.15) is 0 Å². The third-order valence-electron chi connectivity index (χ3n) is 2.65. The molecule has 0 saturated carbocycles. The molecule has 110 valence electrons. The predicted octanol–water partition coefficient (Wildman–Crippen LogP) is 2.44. The Morgan fingerprint density at radius 3 is 1.86 bits per heavy atom. The highest BCUT2D eigenvalue weighted by atomic mass is 19.2. The highest BCUT2D eigenvalue weighted by molar-refractivity contribution is 5.95. The topological polar surface area (TPSA) is 70.2 Å². The van der Waals surface area contributed by atoms with E-state index in [9.17, 15) is 31.5 Å². The number of hydrogen-bond donors (Lipinski definition) is 2. The van der Waals surface area contributed by atoms with E-state index in [4.69, 9.17) is 5.11 Å². The molecule has 0 aliphatic rings. The molecule has 1 heterocycles. The van der Waals surface area contributed by atoms with Gasteiger partial charge in [0.2, 0.25) is 5.82 Å². The maximum Gasteiger partial charge on any atom is 0.336 e. The highest BCUT2D eigenvalue weighted by Crippen LogP contribution is 2.31. The maximum atomic E-state index is 13.6. The van der Waals surface area contributed by atoms with Crippen LogP contribution in [0.5, 0.6) is 0 Å². The molecule has 0 bridgehead atoms. The van der Waals surface area contributed by atoms with E-state index in [1.54, 1.807) is 0 Å². The summed E-state index contributed by atoms with van der Waals surface area (Å²) in [5.41, 5.74) is -4.96. The number of halogens is 5. The number of rotatable bonds is 2. The molecule has 21 heavy (non-hydrogen) atoms. The summed E-state index contributed by atoms with van der Waals surface area (Å²) in [5.74, 6) is -13.3. The summed E-state index contributed by atoms with van der Waals surface area (Å²) >= 11 is 0. The zero-order valence-corrected chi connectivity index (χ0v) is 9.81. The highest BCUT2D eigenvalue weighted by Gasteiger charge is 2.30. The number of carboxylic acid groups (broad SMARTS) is 1. The summed E-state index contributed by atoms with van der Waals surface area (Å²) in [5, 5.41) is 8.87. The molecule has 0 aliphatic carbocycles. The van der Waals surface area contributed by atoms with Crippen LogP contribution in [0.15, 0.2) is 17.1 Å². The molecule has 2 rings (SSSR count). The van der Waals surface area contributed by atoms with Crippen molar-refractivity contribution in [1.29, 1.82) is 0 Å². The average molecular weight is 305 g/mol. The fraction of sp³-hybridized carbons (Fsp3) is 0. The molecular weight excluding hydrogens is 301 g/mol. The van der Waals surface area contributed by atoms with Crippen LogP contribution in [0.3, 0.4) is 0 Å². The molecule has 0 unspecified atom stereocenters. The van der Waals surface area contributed by atoms with Crippen LogP contribution in [-0.2, 0) is 0 Å². The summed E-state index contributed by atoms with van der Waals surface area (Å²) in [6.45, 7) is 0. The van der Waals surface area contributed by atoms with E-state index in [0.29, 0.717) is 0 Å². The maximum absolute atomic E-state index is 13.6. The minimum Gasteiger partial charge on any atom is -0.478 e. The van der Waals surface area contributed by atoms with Gasteiger partial charge in [0.15, 0.2) is 23.3 Å². The lowest BCUT2D eigenvalue weighted by atomic mass is 10.00. The van der Waals surface area contributed by atoms with Gasteiger partial charge in [-0.15, -0.1) is 0 Å². The van der Waals surface area contributed by atoms with Crippen LogP contribution in [0.4, 0.5) is 22.0 Å². The van der Waals surface area contributed by atoms with Gasteiger partial charge in [-0.3, -0.25) is 4.79 Å². The van der Waals surface area contributed by atoms with Gasteiger partial charge >= 0.3 is 5.97 Å². The molecule has 0 atom stereocenters. The largest absolute Gasteiger partial charge is 0.478 e. The molecular formula is C12H4F5NO3. The van der Waals surface area contributed by atoms with Crippen molar-refractivity contribution >= 4 is 5.97 Å². The van der Waals surface area contributed by atoms with Crippen LogP contribution in [0.25, 0.3) is 11.1 Å². The SMILES string of the molecule is O=C(O)c1cc[nH]c(=O)c1-c1c(F)c(F)c(F)c(F)c1F. The molecule has 2 N–H and O–H groups in total. The van der Waals surface area contributed by atoms with Crippen LogP contribution < -0.4 is 5.56 Å². The quantitative estimate of drug-likeness (QED) is 0.508. The van der Waals surface area contributed by atoms with E-state index in [-0.39, 0.29) is 0 Å². The number of aromatic carboxylic acids is 1. The normalized spacial score (nSPS) is 10.7. The van der Waals surface area contributed by atoms with Gasteiger partial charge in [-0.05, 0) is 6.07 Å². The molecule has 0 spiro atoms. The van der Waals surface area contributed by atoms with Crippen molar-refractivity contribution < 1.29 is 31.9 Å². The Balaban J connectivity index is 3.00. The number of H-pyrrole nitrogens is 1. The molecule has 1 aromatic heterocycles. The van der Waals surface area contributed by atoms with Gasteiger partial charge in [0.25, 0.3) is 5.56 Å². The van der Waals surface area contributed by atoms with Crippen LogP contribution in [-0.4, -0.2) is 16.1 Å². The second-order valence-electron chi connectivity index (χ2n) is 3.85. The van der Waals surface area contributed by atoms with Crippen LogP contribution >= 0.6 is 0 Å². The van der Waals surface area contributed by atoms with Crippen molar-refractivity contribution in [3.63, 3.8) is 0 Å². The van der Waals surface area contributed by atoms with Gasteiger partial charge in [-0.25, -0.2) is 26.7 Å². The molecule has 0 fully saturated rings. The molecule has 1 aromatic carbocycles. The molecule has 4 nitrogen and oxygen atoms in total. The molecule has 0 aliphatic heterocycles. The van der Waals surface area contributed by atoms with Crippen LogP contribution in [0.2, 0.25) is 0 Å². The lowest BCUT2D eigenvalue weighted by Crippen LogP contribution is -2.17. The summed E-state index contributed by atoms with van der Waals surface area (Å²) in [6, 6.07) is 0.761.